The first-order chi connectivity index (χ1) is 14.0. The molecule has 1 unspecified atom stereocenters. The minimum absolute atomic E-state index is 0.101. The molecule has 7 heteroatoms. The number of halogens is 1. The van der Waals surface area contributed by atoms with Crippen LogP contribution in [0.4, 0.5) is 5.69 Å². The van der Waals surface area contributed by atoms with Crippen molar-refractivity contribution in [3.63, 3.8) is 0 Å². The Bertz CT molecular complexity index is 1220. The van der Waals surface area contributed by atoms with E-state index in [2.05, 4.69) is 47.6 Å². The number of carbonyl (C=O) groups is 1. The second-order valence-electron chi connectivity index (χ2n) is 6.96. The van der Waals surface area contributed by atoms with Crippen molar-refractivity contribution in [2.24, 2.45) is 0 Å². The average molecular weight is 425 g/mol. The molecular formula is C22H21ClN4OS. The van der Waals surface area contributed by atoms with E-state index in [1.807, 2.05) is 29.5 Å². The van der Waals surface area contributed by atoms with Gasteiger partial charge in [-0.15, -0.1) is 10.2 Å². The number of amides is 1. The summed E-state index contributed by atoms with van der Waals surface area (Å²) in [7, 11) is 0. The maximum absolute atomic E-state index is 12.9. The highest BCUT2D eigenvalue weighted by atomic mass is 35.5. The van der Waals surface area contributed by atoms with Gasteiger partial charge in [-0.25, -0.2) is 0 Å². The van der Waals surface area contributed by atoms with Gasteiger partial charge in [0, 0.05) is 5.39 Å². The first-order valence-electron chi connectivity index (χ1n) is 9.45. The van der Waals surface area contributed by atoms with Gasteiger partial charge in [-0.2, -0.15) is 0 Å². The molecule has 148 valence electrons. The molecule has 0 radical (unpaired) electrons. The number of anilines is 1. The fourth-order valence-electron chi connectivity index (χ4n) is 3.43. The highest BCUT2D eigenvalue weighted by Crippen LogP contribution is 2.31. The molecular weight excluding hydrogens is 404 g/mol. The zero-order chi connectivity index (χ0) is 20.5. The second kappa shape index (κ2) is 8.05. The van der Waals surface area contributed by atoms with Crippen LogP contribution in [0.2, 0.25) is 5.02 Å². The van der Waals surface area contributed by atoms with Crippen LogP contribution in [0, 0.1) is 13.8 Å². The summed E-state index contributed by atoms with van der Waals surface area (Å²) in [5.41, 5.74) is 4.78. The standard InChI is InChI=1S/C22H21ClN4OS/c1-4-18(21(28)24-17-11-6-5-10-16(17)23)29-22-26-25-19-12-14(3)15-9-7-8-13(2)20(15)27(19)22/h5-12,18H,4H2,1-3H3,(H,24,28). The lowest BCUT2D eigenvalue weighted by atomic mass is 10.1. The number of hydrogen-bond donors (Lipinski definition) is 1. The summed E-state index contributed by atoms with van der Waals surface area (Å²) in [6.07, 6.45) is 0.651. The molecule has 0 aliphatic heterocycles. The molecule has 2 aromatic heterocycles. The number of nitrogens with zero attached hydrogens (tertiary/aromatic N) is 3. The number of nitrogens with one attached hydrogen (secondary N) is 1. The Morgan fingerprint density at radius 3 is 2.69 bits per heavy atom. The summed E-state index contributed by atoms with van der Waals surface area (Å²) < 4.78 is 2.05. The highest BCUT2D eigenvalue weighted by molar-refractivity contribution is 8.00. The van der Waals surface area contributed by atoms with Crippen LogP contribution in [0.1, 0.15) is 24.5 Å². The Kier molecular flexibility index (Phi) is 5.48. The molecule has 29 heavy (non-hydrogen) atoms. The molecule has 5 nitrogen and oxygen atoms in total. The maximum Gasteiger partial charge on any atom is 0.238 e. The number of pyridine rings is 1. The lowest BCUT2D eigenvalue weighted by molar-refractivity contribution is -0.115. The minimum atomic E-state index is -0.320. The largest absolute Gasteiger partial charge is 0.324 e. The molecule has 0 bridgehead atoms. The van der Waals surface area contributed by atoms with E-state index in [0.29, 0.717) is 22.3 Å². The number of fused-ring (bicyclic) bond motifs is 3. The second-order valence-corrected chi connectivity index (χ2v) is 8.54. The van der Waals surface area contributed by atoms with E-state index in [-0.39, 0.29) is 11.2 Å². The van der Waals surface area contributed by atoms with Gasteiger partial charge in [0.1, 0.15) is 0 Å². The Morgan fingerprint density at radius 1 is 1.14 bits per heavy atom. The Hall–Kier alpha value is -2.57. The van der Waals surface area contributed by atoms with E-state index in [1.165, 1.54) is 11.8 Å². The number of benzene rings is 2. The van der Waals surface area contributed by atoms with Gasteiger partial charge in [0.2, 0.25) is 5.91 Å². The van der Waals surface area contributed by atoms with Crippen molar-refractivity contribution >= 4 is 51.5 Å². The normalized spacial score (nSPS) is 12.4. The molecule has 1 N–H and O–H groups in total. The molecule has 4 aromatic rings. The molecule has 0 fully saturated rings. The Labute approximate surface area is 178 Å². The number of aryl methyl sites for hydroxylation is 2. The quantitative estimate of drug-likeness (QED) is 0.420. The fraction of sp³-hybridized carbons (Fsp3) is 0.227. The van der Waals surface area contributed by atoms with Crippen LogP contribution in [-0.4, -0.2) is 25.8 Å². The van der Waals surface area contributed by atoms with Crippen LogP contribution in [0.15, 0.2) is 53.7 Å². The zero-order valence-electron chi connectivity index (χ0n) is 16.4. The van der Waals surface area contributed by atoms with E-state index in [9.17, 15) is 4.79 Å². The van der Waals surface area contributed by atoms with Crippen molar-refractivity contribution in [3.8, 4) is 0 Å². The van der Waals surface area contributed by atoms with Crippen LogP contribution in [0.5, 0.6) is 0 Å². The molecule has 4 rings (SSSR count). The Morgan fingerprint density at radius 2 is 1.93 bits per heavy atom. The molecule has 0 aliphatic carbocycles. The van der Waals surface area contributed by atoms with Gasteiger partial charge < -0.3 is 5.32 Å². The summed E-state index contributed by atoms with van der Waals surface area (Å²) in [6.45, 7) is 6.15. The summed E-state index contributed by atoms with van der Waals surface area (Å²) in [4.78, 5) is 12.9. The van der Waals surface area contributed by atoms with Gasteiger partial charge >= 0.3 is 0 Å². The number of carbonyl (C=O) groups excluding carboxylic acids is 1. The Balaban J connectivity index is 1.71. The van der Waals surface area contributed by atoms with Crippen LogP contribution in [-0.2, 0) is 4.79 Å². The van der Waals surface area contributed by atoms with Crippen molar-refractivity contribution < 1.29 is 4.79 Å². The average Bonchev–Trinajstić information content (AvgIpc) is 3.10. The van der Waals surface area contributed by atoms with Crippen molar-refractivity contribution in [3.05, 3.63) is 64.7 Å². The number of hydrogen-bond acceptors (Lipinski definition) is 4. The molecule has 2 aromatic carbocycles. The SMILES string of the molecule is CCC(Sc1nnc2cc(C)c3cccc(C)c3n12)C(=O)Nc1ccccc1Cl. The minimum Gasteiger partial charge on any atom is -0.324 e. The van der Waals surface area contributed by atoms with E-state index in [1.54, 1.807) is 12.1 Å². The predicted octanol–water partition coefficient (Wildman–Crippen LogP) is 5.66. The van der Waals surface area contributed by atoms with Gasteiger partial charge in [-0.3, -0.25) is 9.20 Å². The number of rotatable bonds is 5. The molecule has 1 amide bonds. The van der Waals surface area contributed by atoms with Crippen molar-refractivity contribution in [1.29, 1.82) is 0 Å². The van der Waals surface area contributed by atoms with Gasteiger partial charge in [0.15, 0.2) is 10.8 Å². The van der Waals surface area contributed by atoms with Gasteiger partial charge in [-0.05, 0) is 49.6 Å². The third kappa shape index (κ3) is 3.70. The van der Waals surface area contributed by atoms with Gasteiger partial charge in [-0.1, -0.05) is 60.6 Å². The number of aromatic nitrogens is 3. The van der Waals surface area contributed by atoms with Crippen molar-refractivity contribution in [1.82, 2.24) is 14.6 Å². The predicted molar refractivity (Wildman–Crippen MR) is 120 cm³/mol. The third-order valence-electron chi connectivity index (χ3n) is 4.93. The van der Waals surface area contributed by atoms with Crippen LogP contribution in [0.25, 0.3) is 16.6 Å². The molecule has 0 spiro atoms. The van der Waals surface area contributed by atoms with Crippen LogP contribution < -0.4 is 5.32 Å². The summed E-state index contributed by atoms with van der Waals surface area (Å²) in [5.74, 6) is -0.101. The van der Waals surface area contributed by atoms with Gasteiger partial charge in [0.25, 0.3) is 0 Å². The molecule has 0 saturated heterocycles. The first-order valence-corrected chi connectivity index (χ1v) is 10.7. The lowest BCUT2D eigenvalue weighted by Crippen LogP contribution is -2.25. The van der Waals surface area contributed by atoms with Crippen LogP contribution in [0.3, 0.4) is 0 Å². The smallest absolute Gasteiger partial charge is 0.238 e. The molecule has 1 atom stereocenters. The molecule has 0 saturated carbocycles. The van der Waals surface area contributed by atoms with E-state index < -0.39 is 0 Å². The zero-order valence-corrected chi connectivity index (χ0v) is 18.0. The van der Waals surface area contributed by atoms with E-state index in [4.69, 9.17) is 11.6 Å². The van der Waals surface area contributed by atoms with Crippen molar-refractivity contribution in [2.75, 3.05) is 5.32 Å². The van der Waals surface area contributed by atoms with E-state index in [0.717, 1.165) is 27.7 Å². The maximum atomic E-state index is 12.9. The fourth-order valence-corrected chi connectivity index (χ4v) is 4.58. The summed E-state index contributed by atoms with van der Waals surface area (Å²) in [5, 5.41) is 13.7. The molecule has 0 aliphatic rings. The van der Waals surface area contributed by atoms with Crippen molar-refractivity contribution in [2.45, 2.75) is 37.6 Å². The lowest BCUT2D eigenvalue weighted by Gasteiger charge is -2.15. The summed E-state index contributed by atoms with van der Waals surface area (Å²) >= 11 is 7.61. The first kappa shape index (κ1) is 19.7. The van der Waals surface area contributed by atoms with E-state index >= 15 is 0 Å². The monoisotopic (exact) mass is 424 g/mol. The third-order valence-corrected chi connectivity index (χ3v) is 6.57. The number of thioether (sulfide) groups is 1. The van der Waals surface area contributed by atoms with Gasteiger partial charge in [0.05, 0.1) is 21.5 Å². The number of para-hydroxylation sites is 2. The van der Waals surface area contributed by atoms with Crippen LogP contribution >= 0.6 is 23.4 Å². The topological polar surface area (TPSA) is 59.3 Å². The highest BCUT2D eigenvalue weighted by Gasteiger charge is 2.23. The molecule has 2 heterocycles. The summed E-state index contributed by atoms with van der Waals surface area (Å²) in [6, 6.07) is 15.5.